The van der Waals surface area contributed by atoms with E-state index < -0.39 is 0 Å². The molecule has 0 aliphatic rings. The van der Waals surface area contributed by atoms with Crippen molar-refractivity contribution in [3.63, 3.8) is 0 Å². The van der Waals surface area contributed by atoms with Crippen LogP contribution >= 0.6 is 11.6 Å². The van der Waals surface area contributed by atoms with Gasteiger partial charge in [0.25, 0.3) is 0 Å². The molecule has 20 heavy (non-hydrogen) atoms. The molecule has 0 aliphatic carbocycles. The summed E-state index contributed by atoms with van der Waals surface area (Å²) in [7, 11) is 0. The lowest BCUT2D eigenvalue weighted by molar-refractivity contribution is 0.0944. The highest BCUT2D eigenvalue weighted by molar-refractivity contribution is 6.30. The summed E-state index contributed by atoms with van der Waals surface area (Å²) in [6.45, 7) is 1.52. The van der Waals surface area contributed by atoms with E-state index in [9.17, 15) is 9.59 Å². The van der Waals surface area contributed by atoms with Crippen LogP contribution in [0, 0.1) is 0 Å². The lowest BCUT2D eigenvalue weighted by Crippen LogP contribution is -2.06. The van der Waals surface area contributed by atoms with Gasteiger partial charge in [-0.05, 0) is 12.1 Å². The molecule has 0 radical (unpaired) electrons. The van der Waals surface area contributed by atoms with Gasteiger partial charge in [0.1, 0.15) is 0 Å². The second kappa shape index (κ2) is 4.76. The van der Waals surface area contributed by atoms with Gasteiger partial charge in [-0.25, -0.2) is 0 Å². The van der Waals surface area contributed by atoms with Gasteiger partial charge in [0.15, 0.2) is 5.78 Å². The first-order valence-corrected chi connectivity index (χ1v) is 6.80. The third-order valence-corrected chi connectivity index (χ3v) is 3.67. The van der Waals surface area contributed by atoms with Gasteiger partial charge in [-0.3, -0.25) is 14.2 Å². The fourth-order valence-corrected chi connectivity index (χ4v) is 2.71. The van der Waals surface area contributed by atoms with Crippen molar-refractivity contribution in [2.45, 2.75) is 6.92 Å². The number of halogens is 1. The van der Waals surface area contributed by atoms with Gasteiger partial charge in [0, 0.05) is 23.3 Å². The van der Waals surface area contributed by atoms with Crippen LogP contribution in [0.15, 0.2) is 42.5 Å². The fraction of sp³-hybridized carbons (Fsp3) is 0.125. The molecule has 0 saturated carbocycles. The van der Waals surface area contributed by atoms with Gasteiger partial charge < -0.3 is 0 Å². The zero-order valence-corrected chi connectivity index (χ0v) is 11.6. The number of para-hydroxylation sites is 1. The van der Waals surface area contributed by atoms with Crippen molar-refractivity contribution in [1.82, 2.24) is 4.57 Å². The highest BCUT2D eigenvalue weighted by atomic mass is 35.5. The van der Waals surface area contributed by atoms with Crippen LogP contribution in [-0.4, -0.2) is 22.1 Å². The average Bonchev–Trinajstić information content (AvgIpc) is 2.80. The van der Waals surface area contributed by atoms with Crippen molar-refractivity contribution in [2.75, 3.05) is 5.88 Å². The van der Waals surface area contributed by atoms with Crippen molar-refractivity contribution >= 4 is 45.1 Å². The van der Waals surface area contributed by atoms with Crippen LogP contribution in [0.3, 0.4) is 0 Å². The molecule has 2 aromatic carbocycles. The van der Waals surface area contributed by atoms with E-state index in [1.807, 2.05) is 30.3 Å². The third kappa shape index (κ3) is 1.82. The zero-order chi connectivity index (χ0) is 14.3. The number of Topliss-reactive ketones (excluding diaryl/α,β-unsaturated/α-hetero) is 1. The first-order chi connectivity index (χ1) is 9.63. The van der Waals surface area contributed by atoms with Crippen LogP contribution in [0.2, 0.25) is 0 Å². The predicted octanol–water partition coefficient (Wildman–Crippen LogP) is 3.88. The van der Waals surface area contributed by atoms with Crippen molar-refractivity contribution in [3.8, 4) is 0 Å². The summed E-state index contributed by atoms with van der Waals surface area (Å²) in [4.78, 5) is 23.7. The van der Waals surface area contributed by atoms with Gasteiger partial charge in [0.2, 0.25) is 5.91 Å². The smallest absolute Gasteiger partial charge is 0.228 e. The Morgan fingerprint density at radius 3 is 2.45 bits per heavy atom. The summed E-state index contributed by atoms with van der Waals surface area (Å²) >= 11 is 5.60. The lowest BCUT2D eigenvalue weighted by atomic mass is 10.1. The van der Waals surface area contributed by atoms with Crippen molar-refractivity contribution in [3.05, 3.63) is 48.0 Å². The van der Waals surface area contributed by atoms with Crippen LogP contribution in [0.25, 0.3) is 21.8 Å². The van der Waals surface area contributed by atoms with Crippen LogP contribution in [0.5, 0.6) is 0 Å². The van der Waals surface area contributed by atoms with E-state index >= 15 is 0 Å². The molecule has 0 bridgehead atoms. The number of hydrogen-bond donors (Lipinski definition) is 0. The molecular weight excluding hydrogens is 274 g/mol. The quantitative estimate of drug-likeness (QED) is 0.529. The van der Waals surface area contributed by atoms with Gasteiger partial charge in [-0.1, -0.05) is 30.3 Å². The Hall–Kier alpha value is -2.13. The number of rotatable bonds is 2. The molecule has 3 aromatic rings. The summed E-state index contributed by atoms with van der Waals surface area (Å²) in [5.74, 6) is -0.285. The maximum atomic E-state index is 11.9. The van der Waals surface area contributed by atoms with Gasteiger partial charge in [-0.2, -0.15) is 0 Å². The number of fused-ring (bicyclic) bond motifs is 3. The Bertz CT molecular complexity index is 848. The standard InChI is InChI=1S/C16H12ClNO2/c1-10(19)18-14-5-3-2-4-12(14)13-7-6-11(8-15(13)18)16(20)9-17/h2-8H,9H2,1H3. The lowest BCUT2D eigenvalue weighted by Gasteiger charge is -2.03. The molecule has 3 rings (SSSR count). The SMILES string of the molecule is CC(=O)n1c2ccccc2c2ccc(C(=O)CCl)cc21. The Balaban J connectivity index is 2.44. The molecule has 0 N–H and O–H groups in total. The second-order valence-electron chi connectivity index (χ2n) is 4.66. The number of alkyl halides is 1. The van der Waals surface area contributed by atoms with Crippen LogP contribution < -0.4 is 0 Å². The molecule has 3 nitrogen and oxygen atoms in total. The van der Waals surface area contributed by atoms with Gasteiger partial charge in [0.05, 0.1) is 16.9 Å². The van der Waals surface area contributed by atoms with E-state index in [4.69, 9.17) is 11.6 Å². The van der Waals surface area contributed by atoms with E-state index in [2.05, 4.69) is 0 Å². The molecule has 100 valence electrons. The number of nitrogens with zero attached hydrogens (tertiary/aromatic N) is 1. The van der Waals surface area contributed by atoms with Crippen molar-refractivity contribution in [2.24, 2.45) is 0 Å². The second-order valence-corrected chi connectivity index (χ2v) is 4.93. The minimum atomic E-state index is -0.145. The minimum absolute atomic E-state index is 0.0637. The van der Waals surface area contributed by atoms with Gasteiger partial charge in [-0.15, -0.1) is 11.6 Å². The molecule has 0 aliphatic heterocycles. The maximum absolute atomic E-state index is 11.9. The van der Waals surface area contributed by atoms with E-state index in [-0.39, 0.29) is 17.6 Å². The summed E-state index contributed by atoms with van der Waals surface area (Å²) in [6, 6.07) is 13.1. The first-order valence-electron chi connectivity index (χ1n) is 6.27. The normalized spacial score (nSPS) is 11.1. The number of carbonyl (C=O) groups is 2. The summed E-state index contributed by atoms with van der Waals surface area (Å²) in [5.41, 5.74) is 2.12. The first kappa shape index (κ1) is 12.9. The molecule has 0 amide bonds. The number of benzene rings is 2. The molecule has 1 heterocycles. The van der Waals surface area contributed by atoms with Gasteiger partial charge >= 0.3 is 0 Å². The Morgan fingerprint density at radius 2 is 1.75 bits per heavy atom. The van der Waals surface area contributed by atoms with Crippen LogP contribution in [-0.2, 0) is 0 Å². The highest BCUT2D eigenvalue weighted by Crippen LogP contribution is 2.29. The topological polar surface area (TPSA) is 39.1 Å². The molecule has 0 unspecified atom stereocenters. The summed E-state index contributed by atoms with van der Waals surface area (Å²) in [6.07, 6.45) is 0. The Kier molecular flexibility index (Phi) is 3.07. The van der Waals surface area contributed by atoms with E-state index in [1.165, 1.54) is 6.92 Å². The molecule has 0 fully saturated rings. The highest BCUT2D eigenvalue weighted by Gasteiger charge is 2.14. The van der Waals surface area contributed by atoms with Crippen LogP contribution in [0.1, 0.15) is 22.1 Å². The fourth-order valence-electron chi connectivity index (χ4n) is 2.56. The van der Waals surface area contributed by atoms with E-state index in [0.29, 0.717) is 5.56 Å². The maximum Gasteiger partial charge on any atom is 0.228 e. The molecule has 1 aromatic heterocycles. The molecule has 0 saturated heterocycles. The van der Waals surface area contributed by atoms with Crippen molar-refractivity contribution in [1.29, 1.82) is 0 Å². The number of hydrogen-bond acceptors (Lipinski definition) is 2. The van der Waals surface area contributed by atoms with E-state index in [1.54, 1.807) is 16.7 Å². The van der Waals surface area contributed by atoms with Crippen molar-refractivity contribution < 1.29 is 9.59 Å². The minimum Gasteiger partial charge on any atom is -0.293 e. The zero-order valence-electron chi connectivity index (χ0n) is 10.9. The molecular formula is C16H12ClNO2. The summed E-state index contributed by atoms with van der Waals surface area (Å²) in [5, 5.41) is 1.96. The largest absolute Gasteiger partial charge is 0.293 e. The predicted molar refractivity (Wildman–Crippen MR) is 80.8 cm³/mol. The van der Waals surface area contributed by atoms with E-state index in [0.717, 1.165) is 21.8 Å². The van der Waals surface area contributed by atoms with Crippen LogP contribution in [0.4, 0.5) is 0 Å². The number of carbonyl (C=O) groups excluding carboxylic acids is 2. The molecule has 0 atom stereocenters. The number of ketones is 1. The number of aromatic nitrogens is 1. The molecule has 0 spiro atoms. The Morgan fingerprint density at radius 1 is 1.05 bits per heavy atom. The molecule has 4 heteroatoms. The monoisotopic (exact) mass is 285 g/mol. The Labute approximate surface area is 120 Å². The third-order valence-electron chi connectivity index (χ3n) is 3.43. The summed E-state index contributed by atoms with van der Waals surface area (Å²) < 4.78 is 1.63. The average molecular weight is 286 g/mol.